The van der Waals surface area contributed by atoms with Crippen LogP contribution in [0.3, 0.4) is 0 Å². The van der Waals surface area contributed by atoms with Crippen LogP contribution >= 0.6 is 23.9 Å². The van der Waals surface area contributed by atoms with Gasteiger partial charge in [0.15, 0.2) is 0 Å². The average Bonchev–Trinajstić information content (AvgIpc) is 3.01. The van der Waals surface area contributed by atoms with E-state index >= 15 is 0 Å². The Kier molecular flexibility index (Phi) is 5.69. The van der Waals surface area contributed by atoms with Crippen molar-refractivity contribution < 1.29 is 0 Å². The molecule has 8 aromatic carbocycles. The normalized spacial score (nSPS) is 11.8. The molecule has 8 rings (SSSR count). The predicted molar refractivity (Wildman–Crippen MR) is 180 cm³/mol. The Balaban J connectivity index is 1.62. The summed E-state index contributed by atoms with van der Waals surface area (Å²) in [5.41, 5.74) is 0. The lowest BCUT2D eigenvalue weighted by molar-refractivity contribution is 1.74. The monoisotopic (exact) mass is 590 g/mol. The summed E-state index contributed by atoms with van der Waals surface area (Å²) < 4.78 is 1.10. The highest BCUT2D eigenvalue weighted by molar-refractivity contribution is 9.10. The third-order valence-electron chi connectivity index (χ3n) is 8.01. The number of halogens is 1. The molecule has 8 aromatic rings. The van der Waals surface area contributed by atoms with Gasteiger partial charge in [0.1, 0.15) is 0 Å². The van der Waals surface area contributed by atoms with Gasteiger partial charge >= 0.3 is 0 Å². The van der Waals surface area contributed by atoms with Gasteiger partial charge in [0.2, 0.25) is 0 Å². The van der Waals surface area contributed by atoms with Crippen molar-refractivity contribution in [3.8, 4) is 0 Å². The van der Waals surface area contributed by atoms with Gasteiger partial charge in [-0.2, -0.15) is 0 Å². The number of benzene rings is 8. The van der Waals surface area contributed by atoms with E-state index in [-0.39, 0.29) is 0 Å². The molecule has 0 nitrogen and oxygen atoms in total. The first-order valence-corrected chi connectivity index (χ1v) is 15.7. The summed E-state index contributed by atoms with van der Waals surface area (Å²) in [5.74, 6) is 0. The van der Waals surface area contributed by atoms with Crippen LogP contribution in [0.15, 0.2) is 150 Å². The smallest absolute Gasteiger partial charge is 0.0181 e. The summed E-state index contributed by atoms with van der Waals surface area (Å²) in [6.07, 6.45) is 0. The van der Waals surface area contributed by atoms with Crippen LogP contribution in [-0.4, -0.2) is 0 Å². The van der Waals surface area contributed by atoms with E-state index in [2.05, 4.69) is 162 Å². The second-order valence-corrected chi connectivity index (χ2v) is 13.4. The third-order valence-corrected chi connectivity index (χ3v) is 11.0. The van der Waals surface area contributed by atoms with E-state index < -0.39 is 7.92 Å². The SMILES string of the molecule is Brc1ccc2c(c1)cc(P(c1ccccc1)c1ccccc1)c1ccc3ccc4ccc5ccccc5c4c3c12. The lowest BCUT2D eigenvalue weighted by Gasteiger charge is -2.23. The molecule has 40 heavy (non-hydrogen) atoms. The fourth-order valence-electron chi connectivity index (χ4n) is 6.28. The lowest BCUT2D eigenvalue weighted by atomic mass is 9.90. The van der Waals surface area contributed by atoms with E-state index in [1.165, 1.54) is 69.8 Å². The summed E-state index contributed by atoms with van der Waals surface area (Å²) in [7, 11) is -0.777. The summed E-state index contributed by atoms with van der Waals surface area (Å²) in [6, 6.07) is 53.9. The Bertz CT molecular complexity index is 2170. The van der Waals surface area contributed by atoms with Crippen molar-refractivity contribution in [2.24, 2.45) is 0 Å². The van der Waals surface area contributed by atoms with Gasteiger partial charge < -0.3 is 0 Å². The number of hydrogen-bond acceptors (Lipinski definition) is 0. The van der Waals surface area contributed by atoms with Gasteiger partial charge in [0.05, 0.1) is 0 Å². The maximum atomic E-state index is 3.78. The van der Waals surface area contributed by atoms with E-state index in [0.29, 0.717) is 0 Å². The van der Waals surface area contributed by atoms with Crippen molar-refractivity contribution in [2.45, 2.75) is 0 Å². The van der Waals surface area contributed by atoms with Gasteiger partial charge in [0.25, 0.3) is 0 Å². The summed E-state index contributed by atoms with van der Waals surface area (Å²) in [5, 5.41) is 17.2. The van der Waals surface area contributed by atoms with Crippen molar-refractivity contribution in [1.29, 1.82) is 0 Å². The molecule has 188 valence electrons. The van der Waals surface area contributed by atoms with Crippen LogP contribution in [0, 0.1) is 0 Å². The third kappa shape index (κ3) is 3.77. The molecule has 0 amide bonds. The second kappa shape index (κ2) is 9.56. The largest absolute Gasteiger partial charge is 0.0622 e. The van der Waals surface area contributed by atoms with E-state index in [9.17, 15) is 0 Å². The van der Waals surface area contributed by atoms with Crippen LogP contribution in [0.2, 0.25) is 0 Å². The molecule has 0 saturated heterocycles. The Labute approximate surface area is 242 Å². The molecule has 0 unspecified atom stereocenters. The quantitative estimate of drug-likeness (QED) is 0.142. The van der Waals surface area contributed by atoms with Gasteiger partial charge in [-0.25, -0.2) is 0 Å². The van der Waals surface area contributed by atoms with E-state index in [1.807, 2.05) is 0 Å². The molecule has 0 heterocycles. The Morgan fingerprint density at radius 2 is 0.925 bits per heavy atom. The predicted octanol–water partition coefficient (Wildman–Crippen LogP) is 9.97. The fourth-order valence-corrected chi connectivity index (χ4v) is 9.15. The first-order chi connectivity index (χ1) is 19.8. The minimum absolute atomic E-state index is 0.777. The van der Waals surface area contributed by atoms with Gasteiger partial charge in [-0.15, -0.1) is 0 Å². The molecule has 0 atom stereocenters. The topological polar surface area (TPSA) is 0 Å². The lowest BCUT2D eigenvalue weighted by Crippen LogP contribution is -2.21. The minimum atomic E-state index is -0.777. The Morgan fingerprint density at radius 1 is 0.375 bits per heavy atom. The van der Waals surface area contributed by atoms with Crippen LogP contribution in [-0.2, 0) is 0 Å². The first kappa shape index (κ1) is 23.8. The second-order valence-electron chi connectivity index (χ2n) is 10.3. The molecule has 0 fully saturated rings. The molecule has 0 saturated carbocycles. The molecule has 0 radical (unpaired) electrons. The molecule has 0 spiro atoms. The molecule has 0 aromatic heterocycles. The van der Waals surface area contributed by atoms with Crippen LogP contribution < -0.4 is 15.9 Å². The molecular formula is C38H24BrP. The standard InChI is InChI=1S/C38H24BrP/c39-29-20-22-33-28(23-29)24-35(40(30-10-3-1-4-11-30)31-12-5-2-6-13-31)34-21-19-27-18-17-26-16-15-25-9-7-8-14-32(25)36(26)37(27)38(33)34/h1-24H. The van der Waals surface area contributed by atoms with Crippen molar-refractivity contribution in [1.82, 2.24) is 0 Å². The van der Waals surface area contributed by atoms with E-state index in [4.69, 9.17) is 0 Å². The fraction of sp³-hybridized carbons (Fsp3) is 0. The minimum Gasteiger partial charge on any atom is -0.0622 e. The highest BCUT2D eigenvalue weighted by Crippen LogP contribution is 2.43. The Morgan fingerprint density at radius 3 is 1.65 bits per heavy atom. The van der Waals surface area contributed by atoms with E-state index in [1.54, 1.807) is 0 Å². The maximum absolute atomic E-state index is 3.78. The number of fused-ring (bicyclic) bond motifs is 9. The number of hydrogen-bond donors (Lipinski definition) is 0. The first-order valence-electron chi connectivity index (χ1n) is 13.6. The van der Waals surface area contributed by atoms with Crippen molar-refractivity contribution in [3.63, 3.8) is 0 Å². The van der Waals surface area contributed by atoms with Gasteiger partial charge in [-0.3, -0.25) is 0 Å². The van der Waals surface area contributed by atoms with Crippen molar-refractivity contribution in [3.05, 3.63) is 150 Å². The molecule has 0 N–H and O–H groups in total. The zero-order valence-electron chi connectivity index (χ0n) is 21.7. The summed E-state index contributed by atoms with van der Waals surface area (Å²) in [6.45, 7) is 0. The van der Waals surface area contributed by atoms with E-state index in [0.717, 1.165) is 4.47 Å². The molecular weight excluding hydrogens is 567 g/mol. The van der Waals surface area contributed by atoms with Gasteiger partial charge in [-0.1, -0.05) is 143 Å². The Hall–Kier alpha value is -4.03. The summed E-state index contributed by atoms with van der Waals surface area (Å²) in [4.78, 5) is 0. The molecule has 0 aliphatic rings. The van der Waals surface area contributed by atoms with Gasteiger partial charge in [0, 0.05) is 4.47 Å². The molecule has 0 bridgehead atoms. The van der Waals surface area contributed by atoms with Crippen LogP contribution in [0.25, 0.3) is 53.9 Å². The summed E-state index contributed by atoms with van der Waals surface area (Å²) >= 11 is 3.78. The van der Waals surface area contributed by atoms with Crippen molar-refractivity contribution in [2.75, 3.05) is 0 Å². The zero-order valence-corrected chi connectivity index (χ0v) is 24.2. The molecule has 2 heteroatoms. The molecule has 0 aliphatic heterocycles. The van der Waals surface area contributed by atoms with Crippen molar-refractivity contribution >= 4 is 93.6 Å². The average molecular weight is 591 g/mol. The van der Waals surface area contributed by atoms with Crippen LogP contribution in [0.4, 0.5) is 0 Å². The molecule has 0 aliphatic carbocycles. The highest BCUT2D eigenvalue weighted by atomic mass is 79.9. The number of rotatable bonds is 3. The van der Waals surface area contributed by atoms with Crippen LogP contribution in [0.1, 0.15) is 0 Å². The van der Waals surface area contributed by atoms with Gasteiger partial charge in [-0.05, 0) is 95.9 Å². The maximum Gasteiger partial charge on any atom is 0.0181 e. The highest BCUT2D eigenvalue weighted by Gasteiger charge is 2.22. The van der Waals surface area contributed by atoms with Crippen LogP contribution in [0.5, 0.6) is 0 Å². The zero-order chi connectivity index (χ0) is 26.6.